The Morgan fingerprint density at radius 1 is 1.21 bits per heavy atom. The van der Waals surface area contributed by atoms with Crippen molar-refractivity contribution in [3.05, 3.63) is 17.6 Å². The maximum atomic E-state index is 4.64. The molecule has 0 N–H and O–H groups in total. The number of rotatable bonds is 2. The molecule has 0 amide bonds. The van der Waals surface area contributed by atoms with Gasteiger partial charge in [-0.05, 0) is 40.2 Å². The van der Waals surface area contributed by atoms with Crippen molar-refractivity contribution in [2.75, 3.05) is 24.5 Å². The van der Waals surface area contributed by atoms with Gasteiger partial charge in [0.1, 0.15) is 5.82 Å². The number of hydrogen-bond acceptors (Lipinski definition) is 4. The maximum Gasteiger partial charge on any atom is 0.150 e. The zero-order valence-electron chi connectivity index (χ0n) is 12.3. The van der Waals surface area contributed by atoms with Gasteiger partial charge < -0.3 is 4.90 Å². The average molecular weight is 260 g/mol. The number of piperidine rings is 1. The Morgan fingerprint density at radius 2 is 2.00 bits per heavy atom. The summed E-state index contributed by atoms with van der Waals surface area (Å²) in [5, 5.41) is 0. The van der Waals surface area contributed by atoms with E-state index >= 15 is 0 Å². The van der Waals surface area contributed by atoms with Crippen LogP contribution in [0.4, 0.5) is 5.82 Å². The van der Waals surface area contributed by atoms with Crippen molar-refractivity contribution in [3.63, 3.8) is 0 Å². The fourth-order valence-electron chi connectivity index (χ4n) is 3.33. The minimum Gasteiger partial charge on any atom is -0.352 e. The molecule has 0 aliphatic carbocycles. The summed E-state index contributed by atoms with van der Waals surface area (Å²) < 4.78 is 0. The zero-order valence-corrected chi connectivity index (χ0v) is 12.3. The third kappa shape index (κ3) is 2.46. The van der Waals surface area contributed by atoms with E-state index in [1.807, 2.05) is 13.1 Å². The van der Waals surface area contributed by atoms with E-state index < -0.39 is 0 Å². The second-order valence-electron chi connectivity index (χ2n) is 6.06. The Bertz CT molecular complexity index is 453. The highest BCUT2D eigenvalue weighted by Crippen LogP contribution is 2.28. The number of aromatic nitrogens is 2. The van der Waals surface area contributed by atoms with Crippen LogP contribution in [0.15, 0.2) is 6.20 Å². The number of aryl methyl sites for hydroxylation is 2. The molecule has 19 heavy (non-hydrogen) atoms. The Morgan fingerprint density at radius 3 is 2.74 bits per heavy atom. The van der Waals surface area contributed by atoms with Crippen molar-refractivity contribution in [2.45, 2.75) is 52.1 Å². The third-order valence-electron chi connectivity index (χ3n) is 4.54. The molecule has 3 heterocycles. The first-order chi connectivity index (χ1) is 9.15. The van der Waals surface area contributed by atoms with Crippen LogP contribution in [0.25, 0.3) is 0 Å². The third-order valence-corrected chi connectivity index (χ3v) is 4.54. The van der Waals surface area contributed by atoms with Gasteiger partial charge in [-0.1, -0.05) is 6.42 Å². The molecule has 4 nitrogen and oxygen atoms in total. The van der Waals surface area contributed by atoms with Gasteiger partial charge in [0, 0.05) is 31.4 Å². The van der Waals surface area contributed by atoms with Crippen LogP contribution in [0.3, 0.4) is 0 Å². The Kier molecular flexibility index (Phi) is 3.44. The summed E-state index contributed by atoms with van der Waals surface area (Å²) >= 11 is 0. The summed E-state index contributed by atoms with van der Waals surface area (Å²) in [6, 6.07) is 1.47. The minimum atomic E-state index is 0.719. The highest BCUT2D eigenvalue weighted by molar-refractivity contribution is 5.46. The van der Waals surface area contributed by atoms with Gasteiger partial charge in [0.05, 0.1) is 11.4 Å². The highest BCUT2D eigenvalue weighted by atomic mass is 15.3. The van der Waals surface area contributed by atoms with Crippen LogP contribution < -0.4 is 4.90 Å². The van der Waals surface area contributed by atoms with Crippen LogP contribution >= 0.6 is 0 Å². The number of likely N-dealkylation sites (tertiary alicyclic amines) is 1. The Labute approximate surface area is 115 Å². The van der Waals surface area contributed by atoms with Crippen LogP contribution in [-0.4, -0.2) is 46.6 Å². The smallest absolute Gasteiger partial charge is 0.150 e. The first-order valence-electron chi connectivity index (χ1n) is 7.46. The molecule has 3 rings (SSSR count). The summed E-state index contributed by atoms with van der Waals surface area (Å²) in [5.41, 5.74) is 2.06. The molecular weight excluding hydrogens is 236 g/mol. The van der Waals surface area contributed by atoms with Crippen molar-refractivity contribution in [1.82, 2.24) is 14.9 Å². The van der Waals surface area contributed by atoms with Gasteiger partial charge in [0.15, 0.2) is 0 Å². The van der Waals surface area contributed by atoms with Crippen LogP contribution in [0.5, 0.6) is 0 Å². The van der Waals surface area contributed by atoms with Crippen LogP contribution in [0.2, 0.25) is 0 Å². The Balaban J connectivity index is 1.64. The summed E-state index contributed by atoms with van der Waals surface area (Å²) in [4.78, 5) is 14.1. The molecule has 0 bridgehead atoms. The molecule has 0 radical (unpaired) electrons. The van der Waals surface area contributed by atoms with E-state index in [0.29, 0.717) is 0 Å². The number of anilines is 1. The topological polar surface area (TPSA) is 32.3 Å². The lowest BCUT2D eigenvalue weighted by atomic mass is 9.97. The summed E-state index contributed by atoms with van der Waals surface area (Å²) in [5.74, 6) is 1.08. The minimum absolute atomic E-state index is 0.719. The molecule has 0 spiro atoms. The lowest BCUT2D eigenvalue weighted by Gasteiger charge is -2.49. The van der Waals surface area contributed by atoms with Crippen LogP contribution in [0.1, 0.15) is 37.6 Å². The molecule has 1 aromatic heterocycles. The van der Waals surface area contributed by atoms with E-state index in [9.17, 15) is 0 Å². The predicted octanol–water partition coefficient (Wildman–Crippen LogP) is 2.16. The predicted molar refractivity (Wildman–Crippen MR) is 77.5 cm³/mol. The van der Waals surface area contributed by atoms with Crippen LogP contribution in [-0.2, 0) is 0 Å². The normalized spacial score (nSPS) is 25.4. The summed E-state index contributed by atoms with van der Waals surface area (Å²) in [6.07, 6.45) is 5.98. The van der Waals surface area contributed by atoms with E-state index in [0.717, 1.165) is 42.4 Å². The molecular formula is C15H24N4. The van der Waals surface area contributed by atoms with E-state index in [4.69, 9.17) is 0 Å². The largest absolute Gasteiger partial charge is 0.352 e. The van der Waals surface area contributed by atoms with Gasteiger partial charge in [-0.15, -0.1) is 0 Å². The molecule has 1 atom stereocenters. The fourth-order valence-corrected chi connectivity index (χ4v) is 3.33. The molecule has 2 aliphatic rings. The molecule has 1 aromatic rings. The standard InChI is InChI=1S/C15H24N4/c1-11-8-16-13(3)15(17-11)18-9-14(10-18)19-7-5-4-6-12(19)2/h8,12,14H,4-7,9-10H2,1-3H3. The Hall–Kier alpha value is -1.16. The van der Waals surface area contributed by atoms with Crippen molar-refractivity contribution >= 4 is 5.82 Å². The van der Waals surface area contributed by atoms with Gasteiger partial charge >= 0.3 is 0 Å². The summed E-state index contributed by atoms with van der Waals surface area (Å²) in [7, 11) is 0. The van der Waals surface area contributed by atoms with E-state index in [2.05, 4.69) is 33.6 Å². The molecule has 2 fully saturated rings. The highest BCUT2D eigenvalue weighted by Gasteiger charge is 2.36. The molecule has 4 heteroatoms. The first-order valence-corrected chi connectivity index (χ1v) is 7.46. The van der Waals surface area contributed by atoms with Crippen LogP contribution in [0, 0.1) is 13.8 Å². The summed E-state index contributed by atoms with van der Waals surface area (Å²) in [6.45, 7) is 9.95. The molecule has 2 saturated heterocycles. The second-order valence-corrected chi connectivity index (χ2v) is 6.06. The molecule has 0 saturated carbocycles. The second kappa shape index (κ2) is 5.08. The monoisotopic (exact) mass is 260 g/mol. The zero-order chi connectivity index (χ0) is 13.4. The quantitative estimate of drug-likeness (QED) is 0.815. The maximum absolute atomic E-state index is 4.64. The molecule has 1 unspecified atom stereocenters. The SMILES string of the molecule is Cc1cnc(C)c(N2CC(N3CCCCC3C)C2)n1. The van der Waals surface area contributed by atoms with E-state index in [1.165, 1.54) is 25.8 Å². The fraction of sp³-hybridized carbons (Fsp3) is 0.733. The van der Waals surface area contributed by atoms with Crippen molar-refractivity contribution in [1.29, 1.82) is 0 Å². The van der Waals surface area contributed by atoms with E-state index in [-0.39, 0.29) is 0 Å². The van der Waals surface area contributed by atoms with Gasteiger partial charge in [0.25, 0.3) is 0 Å². The lowest BCUT2D eigenvalue weighted by molar-refractivity contribution is 0.0872. The molecule has 0 aromatic carbocycles. The molecule has 104 valence electrons. The van der Waals surface area contributed by atoms with Gasteiger partial charge in [-0.25, -0.2) is 4.98 Å². The number of nitrogens with zero attached hydrogens (tertiary/aromatic N) is 4. The van der Waals surface area contributed by atoms with Crippen molar-refractivity contribution < 1.29 is 0 Å². The van der Waals surface area contributed by atoms with Crippen molar-refractivity contribution in [3.8, 4) is 0 Å². The van der Waals surface area contributed by atoms with Gasteiger partial charge in [0.2, 0.25) is 0 Å². The lowest BCUT2D eigenvalue weighted by Crippen LogP contribution is -2.62. The average Bonchev–Trinajstić information content (AvgIpc) is 2.34. The van der Waals surface area contributed by atoms with Gasteiger partial charge in [-0.3, -0.25) is 9.88 Å². The number of hydrogen-bond donors (Lipinski definition) is 0. The first kappa shape index (κ1) is 12.9. The van der Waals surface area contributed by atoms with E-state index in [1.54, 1.807) is 0 Å². The van der Waals surface area contributed by atoms with Gasteiger partial charge in [-0.2, -0.15) is 0 Å². The molecule has 2 aliphatic heterocycles. The van der Waals surface area contributed by atoms with Crippen molar-refractivity contribution in [2.24, 2.45) is 0 Å².